The molecule has 0 saturated carbocycles. The molecule has 0 atom stereocenters. The fraction of sp³-hybridized carbons (Fsp3) is 0.545. The van der Waals surface area contributed by atoms with Crippen LogP contribution in [0.5, 0.6) is 0 Å². The molecular weight excluding hydrogens is 279 g/mol. The smallest absolute Gasteiger partial charge is 0.381 e. The number of thioether (sulfide) groups is 1. The van der Waals surface area contributed by atoms with Gasteiger partial charge in [0.15, 0.2) is 0 Å². The van der Waals surface area contributed by atoms with Crippen molar-refractivity contribution >= 4 is 17.6 Å². The lowest BCUT2D eigenvalue weighted by Crippen LogP contribution is -2.18. The normalized spacial score (nSPS) is 17.5. The van der Waals surface area contributed by atoms with E-state index in [2.05, 4.69) is 10.4 Å². The number of nitrogens with zero attached hydrogens (tertiary/aromatic N) is 1. The molecule has 0 aliphatic carbocycles. The highest BCUT2D eigenvalue weighted by molar-refractivity contribution is 7.99. The van der Waals surface area contributed by atoms with Crippen molar-refractivity contribution in [2.45, 2.75) is 29.3 Å². The average molecular weight is 293 g/mol. The summed E-state index contributed by atoms with van der Waals surface area (Å²) in [5, 5.41) is 0.560. The zero-order valence-electron chi connectivity index (χ0n) is 10.0. The summed E-state index contributed by atoms with van der Waals surface area (Å²) in [4.78, 5) is 4.05. The van der Waals surface area contributed by atoms with Gasteiger partial charge in [0.05, 0.1) is 10.6 Å². The number of rotatable bonds is 3. The van der Waals surface area contributed by atoms with E-state index in [4.69, 9.17) is 10.6 Å². The summed E-state index contributed by atoms with van der Waals surface area (Å²) in [7, 11) is 0. The summed E-state index contributed by atoms with van der Waals surface area (Å²) in [6.07, 6.45) is -2.78. The number of nitrogens with two attached hydrogens (primary N) is 1. The quantitative estimate of drug-likeness (QED) is 0.663. The van der Waals surface area contributed by atoms with Crippen LogP contribution in [0, 0.1) is 0 Å². The lowest BCUT2D eigenvalue weighted by atomic mass is 10.2. The Morgan fingerprint density at radius 2 is 2.00 bits per heavy atom. The molecule has 0 unspecified atom stereocenters. The predicted octanol–water partition coefficient (Wildman–Crippen LogP) is 2.66. The molecule has 0 radical (unpaired) electrons. The second-order valence-electron chi connectivity index (χ2n) is 4.15. The Hall–Kier alpha value is -0.990. The summed E-state index contributed by atoms with van der Waals surface area (Å²) in [5.74, 6) is 5.17. The maximum atomic E-state index is 12.7. The number of nitrogen functional groups attached to an aromatic ring is 1. The SMILES string of the molecule is NNc1cc(C(F)(F)F)cc(SC2CCOCC2)n1. The Balaban J connectivity index is 2.19. The van der Waals surface area contributed by atoms with Crippen LogP contribution in [0.4, 0.5) is 19.0 Å². The Bertz CT molecular complexity index is 436. The van der Waals surface area contributed by atoms with Crippen molar-refractivity contribution in [3.8, 4) is 0 Å². The summed E-state index contributed by atoms with van der Waals surface area (Å²) in [5.41, 5.74) is 1.42. The van der Waals surface area contributed by atoms with Crippen molar-refractivity contribution in [1.29, 1.82) is 0 Å². The van der Waals surface area contributed by atoms with Gasteiger partial charge in [-0.1, -0.05) is 0 Å². The molecule has 1 aromatic heterocycles. The van der Waals surface area contributed by atoms with Gasteiger partial charge in [0.2, 0.25) is 0 Å². The lowest BCUT2D eigenvalue weighted by Gasteiger charge is -2.21. The van der Waals surface area contributed by atoms with E-state index in [1.807, 2.05) is 0 Å². The second-order valence-corrected chi connectivity index (χ2v) is 5.47. The monoisotopic (exact) mass is 293 g/mol. The van der Waals surface area contributed by atoms with Crippen molar-refractivity contribution < 1.29 is 17.9 Å². The fourth-order valence-electron chi connectivity index (χ4n) is 1.77. The van der Waals surface area contributed by atoms with Gasteiger partial charge >= 0.3 is 6.18 Å². The molecule has 1 fully saturated rings. The van der Waals surface area contributed by atoms with Gasteiger partial charge < -0.3 is 10.2 Å². The third kappa shape index (κ3) is 3.99. The van der Waals surface area contributed by atoms with E-state index in [0.717, 1.165) is 25.0 Å². The first kappa shape index (κ1) is 14.4. The third-order valence-electron chi connectivity index (χ3n) is 2.73. The van der Waals surface area contributed by atoms with Crippen LogP contribution in [0.25, 0.3) is 0 Å². The topological polar surface area (TPSA) is 60.2 Å². The molecule has 19 heavy (non-hydrogen) atoms. The maximum absolute atomic E-state index is 12.7. The van der Waals surface area contributed by atoms with E-state index < -0.39 is 11.7 Å². The summed E-state index contributed by atoms with van der Waals surface area (Å²) in [6, 6.07) is 1.95. The molecule has 106 valence electrons. The van der Waals surface area contributed by atoms with Crippen LogP contribution in [0.2, 0.25) is 0 Å². The van der Waals surface area contributed by atoms with Gasteiger partial charge in [0.25, 0.3) is 0 Å². The van der Waals surface area contributed by atoms with Crippen LogP contribution in [-0.2, 0) is 10.9 Å². The van der Waals surface area contributed by atoms with Crippen LogP contribution in [0.1, 0.15) is 18.4 Å². The molecule has 0 bridgehead atoms. The number of hydrogen-bond acceptors (Lipinski definition) is 5. The largest absolute Gasteiger partial charge is 0.416 e. The molecule has 2 rings (SSSR count). The number of anilines is 1. The van der Waals surface area contributed by atoms with Gasteiger partial charge in [-0.2, -0.15) is 13.2 Å². The third-order valence-corrected chi connectivity index (χ3v) is 3.99. The highest BCUT2D eigenvalue weighted by atomic mass is 32.2. The van der Waals surface area contributed by atoms with Gasteiger partial charge in [-0.05, 0) is 25.0 Å². The zero-order valence-corrected chi connectivity index (χ0v) is 10.9. The Morgan fingerprint density at radius 1 is 1.32 bits per heavy atom. The molecule has 0 aromatic carbocycles. The standard InChI is InChI=1S/C11H14F3N3OS/c12-11(13,14)7-5-9(17-15)16-10(6-7)19-8-1-3-18-4-2-8/h5-6,8H,1-4,15H2,(H,16,17). The number of alkyl halides is 3. The van der Waals surface area contributed by atoms with Crippen LogP contribution < -0.4 is 11.3 Å². The van der Waals surface area contributed by atoms with Crippen LogP contribution in [0.15, 0.2) is 17.2 Å². The molecule has 1 aliphatic heterocycles. The van der Waals surface area contributed by atoms with E-state index in [9.17, 15) is 13.2 Å². The average Bonchev–Trinajstić information content (AvgIpc) is 2.38. The molecule has 1 aromatic rings. The Labute approximate surface area is 112 Å². The van der Waals surface area contributed by atoms with Gasteiger partial charge in [-0.3, -0.25) is 0 Å². The number of hydrazine groups is 1. The van der Waals surface area contributed by atoms with E-state index in [1.54, 1.807) is 0 Å². The number of halogens is 3. The molecule has 2 heterocycles. The van der Waals surface area contributed by atoms with Crippen LogP contribution >= 0.6 is 11.8 Å². The van der Waals surface area contributed by atoms with Crippen molar-refractivity contribution in [3.63, 3.8) is 0 Å². The summed E-state index contributed by atoms with van der Waals surface area (Å²) < 4.78 is 43.4. The fourth-order valence-corrected chi connectivity index (χ4v) is 2.88. The van der Waals surface area contributed by atoms with E-state index >= 15 is 0 Å². The molecule has 4 nitrogen and oxygen atoms in total. The minimum absolute atomic E-state index is 0.0179. The first-order chi connectivity index (χ1) is 8.99. The minimum Gasteiger partial charge on any atom is -0.381 e. The highest BCUT2D eigenvalue weighted by Crippen LogP contribution is 2.35. The van der Waals surface area contributed by atoms with Crippen LogP contribution in [-0.4, -0.2) is 23.4 Å². The Morgan fingerprint density at radius 3 is 2.58 bits per heavy atom. The number of nitrogens with one attached hydrogen (secondary N) is 1. The molecule has 8 heteroatoms. The summed E-state index contributed by atoms with van der Waals surface area (Å²) in [6.45, 7) is 1.28. The van der Waals surface area contributed by atoms with Crippen molar-refractivity contribution in [3.05, 3.63) is 17.7 Å². The molecule has 0 spiro atoms. The predicted molar refractivity (Wildman–Crippen MR) is 66.7 cm³/mol. The number of hydrogen-bond donors (Lipinski definition) is 2. The molecule has 1 saturated heterocycles. The Kier molecular flexibility index (Phi) is 4.54. The van der Waals surface area contributed by atoms with E-state index in [1.165, 1.54) is 11.8 Å². The molecular formula is C11H14F3N3OS. The first-order valence-corrected chi connectivity index (χ1v) is 6.67. The minimum atomic E-state index is -4.40. The van der Waals surface area contributed by atoms with Crippen molar-refractivity contribution in [2.75, 3.05) is 18.6 Å². The highest BCUT2D eigenvalue weighted by Gasteiger charge is 2.32. The van der Waals surface area contributed by atoms with Crippen LogP contribution in [0.3, 0.4) is 0 Å². The zero-order chi connectivity index (χ0) is 13.9. The number of pyridine rings is 1. The summed E-state index contributed by atoms with van der Waals surface area (Å²) >= 11 is 1.34. The number of aromatic nitrogens is 1. The number of ether oxygens (including phenoxy) is 1. The van der Waals surface area contributed by atoms with Gasteiger partial charge in [-0.15, -0.1) is 11.8 Å². The van der Waals surface area contributed by atoms with E-state index in [-0.39, 0.29) is 11.1 Å². The molecule has 1 aliphatic rings. The molecule has 3 N–H and O–H groups in total. The van der Waals surface area contributed by atoms with Gasteiger partial charge in [0, 0.05) is 18.5 Å². The van der Waals surface area contributed by atoms with E-state index in [0.29, 0.717) is 18.2 Å². The lowest BCUT2D eigenvalue weighted by molar-refractivity contribution is -0.137. The van der Waals surface area contributed by atoms with Crippen molar-refractivity contribution in [1.82, 2.24) is 4.98 Å². The van der Waals surface area contributed by atoms with Crippen molar-refractivity contribution in [2.24, 2.45) is 5.84 Å². The van der Waals surface area contributed by atoms with Gasteiger partial charge in [-0.25, -0.2) is 10.8 Å². The van der Waals surface area contributed by atoms with Gasteiger partial charge in [0.1, 0.15) is 5.82 Å². The molecule has 0 amide bonds. The maximum Gasteiger partial charge on any atom is 0.416 e. The second kappa shape index (κ2) is 5.98. The first-order valence-electron chi connectivity index (χ1n) is 5.79.